The molecule has 20 heavy (non-hydrogen) atoms. The minimum Gasteiger partial charge on any atom is -0.496 e. The van der Waals surface area contributed by atoms with Crippen LogP contribution in [-0.2, 0) is 11.2 Å². The number of nitrogens with one attached hydrogen (secondary N) is 2. The lowest BCUT2D eigenvalue weighted by molar-refractivity contribution is 0.0713. The Morgan fingerprint density at radius 1 is 1.45 bits per heavy atom. The molecule has 1 aliphatic heterocycles. The first-order chi connectivity index (χ1) is 9.79. The molecule has 4 nitrogen and oxygen atoms in total. The number of para-hydroxylation sites is 1. The van der Waals surface area contributed by atoms with Crippen molar-refractivity contribution in [3.8, 4) is 5.75 Å². The molecule has 1 aromatic rings. The largest absolute Gasteiger partial charge is 0.496 e. The fraction of sp³-hybridized carbons (Fsp3) is 0.625. The summed E-state index contributed by atoms with van der Waals surface area (Å²) in [5.74, 6) is 0.976. The Kier molecular flexibility index (Phi) is 6.30. The van der Waals surface area contributed by atoms with E-state index in [1.807, 2.05) is 12.1 Å². The summed E-state index contributed by atoms with van der Waals surface area (Å²) in [7, 11) is 1.73. The van der Waals surface area contributed by atoms with E-state index >= 15 is 0 Å². The highest BCUT2D eigenvalue weighted by molar-refractivity contribution is 5.33. The Bertz CT molecular complexity index is 392. The number of rotatable bonds is 7. The number of ether oxygens (including phenoxy) is 2. The summed E-state index contributed by atoms with van der Waals surface area (Å²) in [6, 6.07) is 9.18. The van der Waals surface area contributed by atoms with Crippen molar-refractivity contribution >= 4 is 0 Å². The quantitative estimate of drug-likeness (QED) is 0.795. The van der Waals surface area contributed by atoms with Gasteiger partial charge >= 0.3 is 0 Å². The van der Waals surface area contributed by atoms with Crippen LogP contribution in [0.5, 0.6) is 5.75 Å². The van der Waals surface area contributed by atoms with E-state index in [1.54, 1.807) is 7.11 Å². The molecule has 112 valence electrons. The van der Waals surface area contributed by atoms with Gasteiger partial charge in [-0.1, -0.05) is 18.2 Å². The van der Waals surface area contributed by atoms with E-state index < -0.39 is 0 Å². The highest BCUT2D eigenvalue weighted by atomic mass is 16.5. The van der Waals surface area contributed by atoms with Gasteiger partial charge < -0.3 is 20.1 Å². The van der Waals surface area contributed by atoms with E-state index in [0.717, 1.165) is 44.9 Å². The highest BCUT2D eigenvalue weighted by Gasteiger charge is 2.15. The molecule has 1 heterocycles. The van der Waals surface area contributed by atoms with E-state index in [0.29, 0.717) is 12.1 Å². The zero-order chi connectivity index (χ0) is 14.2. The minimum atomic E-state index is 0.484. The van der Waals surface area contributed by atoms with Crippen LogP contribution in [-0.4, -0.2) is 45.5 Å². The molecule has 0 radical (unpaired) electrons. The summed E-state index contributed by atoms with van der Waals surface area (Å²) in [4.78, 5) is 0. The summed E-state index contributed by atoms with van der Waals surface area (Å²) >= 11 is 0. The first kappa shape index (κ1) is 15.3. The van der Waals surface area contributed by atoms with Crippen molar-refractivity contribution in [2.75, 3.05) is 33.4 Å². The van der Waals surface area contributed by atoms with Gasteiger partial charge in [-0.25, -0.2) is 0 Å². The van der Waals surface area contributed by atoms with Gasteiger partial charge in [-0.15, -0.1) is 0 Å². The molecule has 2 atom stereocenters. The van der Waals surface area contributed by atoms with Crippen molar-refractivity contribution in [2.45, 2.75) is 31.8 Å². The van der Waals surface area contributed by atoms with Crippen LogP contribution in [0.4, 0.5) is 0 Å². The topological polar surface area (TPSA) is 42.5 Å². The molecule has 1 saturated heterocycles. The maximum Gasteiger partial charge on any atom is 0.122 e. The molecule has 0 saturated carbocycles. The summed E-state index contributed by atoms with van der Waals surface area (Å²) in [5, 5.41) is 7.07. The van der Waals surface area contributed by atoms with Crippen LogP contribution in [0.1, 0.15) is 18.9 Å². The summed E-state index contributed by atoms with van der Waals surface area (Å²) in [6.45, 7) is 5.84. The molecule has 2 rings (SSSR count). The molecule has 0 amide bonds. The molecule has 0 aliphatic carbocycles. The van der Waals surface area contributed by atoms with Gasteiger partial charge in [-0.3, -0.25) is 0 Å². The number of methoxy groups -OCH3 is 1. The third-order valence-corrected chi connectivity index (χ3v) is 3.72. The first-order valence-electron chi connectivity index (χ1n) is 7.46. The SMILES string of the molecule is COc1ccccc1CCNC(C)CC1COCCN1. The molecule has 1 aliphatic rings. The second-order valence-corrected chi connectivity index (χ2v) is 5.38. The van der Waals surface area contributed by atoms with Crippen LogP contribution < -0.4 is 15.4 Å². The Morgan fingerprint density at radius 3 is 3.05 bits per heavy atom. The third-order valence-electron chi connectivity index (χ3n) is 3.72. The van der Waals surface area contributed by atoms with Crippen LogP contribution in [0, 0.1) is 0 Å². The first-order valence-corrected chi connectivity index (χ1v) is 7.46. The zero-order valence-corrected chi connectivity index (χ0v) is 12.5. The molecule has 4 heteroatoms. The Balaban J connectivity index is 1.69. The highest BCUT2D eigenvalue weighted by Crippen LogP contribution is 2.17. The number of hydrogen-bond acceptors (Lipinski definition) is 4. The smallest absolute Gasteiger partial charge is 0.122 e. The standard InChI is InChI=1S/C16H26N2O2/c1-13(11-15-12-20-10-9-18-15)17-8-7-14-5-3-4-6-16(14)19-2/h3-6,13,15,17-18H,7-12H2,1-2H3. The zero-order valence-electron chi connectivity index (χ0n) is 12.5. The van der Waals surface area contributed by atoms with Crippen molar-refractivity contribution in [1.29, 1.82) is 0 Å². The molecular weight excluding hydrogens is 252 g/mol. The van der Waals surface area contributed by atoms with Gasteiger partial charge in [-0.05, 0) is 37.9 Å². The maximum absolute atomic E-state index is 5.48. The lowest BCUT2D eigenvalue weighted by Gasteiger charge is -2.26. The van der Waals surface area contributed by atoms with Gasteiger partial charge in [-0.2, -0.15) is 0 Å². The normalized spacial score (nSPS) is 20.6. The average Bonchev–Trinajstić information content (AvgIpc) is 2.49. The summed E-state index contributed by atoms with van der Waals surface area (Å²) in [6.07, 6.45) is 2.09. The van der Waals surface area contributed by atoms with Gasteiger partial charge in [0.05, 0.1) is 20.3 Å². The number of benzene rings is 1. The van der Waals surface area contributed by atoms with Crippen molar-refractivity contribution in [2.24, 2.45) is 0 Å². The van der Waals surface area contributed by atoms with Gasteiger partial charge in [0.25, 0.3) is 0 Å². The average molecular weight is 278 g/mol. The predicted molar refractivity (Wildman–Crippen MR) is 81.4 cm³/mol. The second kappa shape index (κ2) is 8.25. The van der Waals surface area contributed by atoms with Gasteiger partial charge in [0.15, 0.2) is 0 Å². The molecule has 2 N–H and O–H groups in total. The van der Waals surface area contributed by atoms with Crippen LogP contribution in [0.25, 0.3) is 0 Å². The maximum atomic E-state index is 5.48. The van der Waals surface area contributed by atoms with Crippen molar-refractivity contribution < 1.29 is 9.47 Å². The van der Waals surface area contributed by atoms with Crippen molar-refractivity contribution in [3.63, 3.8) is 0 Å². The Labute approximate surface area is 121 Å². The molecular formula is C16H26N2O2. The summed E-state index contributed by atoms with van der Waals surface area (Å²) < 4.78 is 10.9. The van der Waals surface area contributed by atoms with Crippen molar-refractivity contribution in [3.05, 3.63) is 29.8 Å². The minimum absolute atomic E-state index is 0.484. The molecule has 1 fully saturated rings. The Morgan fingerprint density at radius 2 is 2.30 bits per heavy atom. The third kappa shape index (κ3) is 4.78. The van der Waals surface area contributed by atoms with Gasteiger partial charge in [0, 0.05) is 18.6 Å². The van der Waals surface area contributed by atoms with E-state index in [9.17, 15) is 0 Å². The van der Waals surface area contributed by atoms with E-state index in [4.69, 9.17) is 9.47 Å². The van der Waals surface area contributed by atoms with Crippen LogP contribution in [0.3, 0.4) is 0 Å². The van der Waals surface area contributed by atoms with Crippen LogP contribution >= 0.6 is 0 Å². The Hall–Kier alpha value is -1.10. The molecule has 2 unspecified atom stereocenters. The van der Waals surface area contributed by atoms with Gasteiger partial charge in [0.1, 0.15) is 5.75 Å². The van der Waals surface area contributed by atoms with Crippen LogP contribution in [0.15, 0.2) is 24.3 Å². The predicted octanol–water partition coefficient (Wildman–Crippen LogP) is 1.59. The summed E-state index contributed by atoms with van der Waals surface area (Å²) in [5.41, 5.74) is 1.26. The molecule has 0 spiro atoms. The lowest BCUT2D eigenvalue weighted by atomic mass is 10.1. The lowest BCUT2D eigenvalue weighted by Crippen LogP contribution is -2.45. The van der Waals surface area contributed by atoms with Crippen LogP contribution in [0.2, 0.25) is 0 Å². The molecule has 0 bridgehead atoms. The van der Waals surface area contributed by atoms with Gasteiger partial charge in [0.2, 0.25) is 0 Å². The molecule has 0 aromatic heterocycles. The number of morpholine rings is 1. The monoisotopic (exact) mass is 278 g/mol. The number of hydrogen-bond donors (Lipinski definition) is 2. The molecule has 1 aromatic carbocycles. The van der Waals surface area contributed by atoms with E-state index in [1.165, 1.54) is 5.56 Å². The van der Waals surface area contributed by atoms with E-state index in [-0.39, 0.29) is 0 Å². The van der Waals surface area contributed by atoms with Crippen molar-refractivity contribution in [1.82, 2.24) is 10.6 Å². The fourth-order valence-electron chi connectivity index (χ4n) is 2.64. The fourth-order valence-corrected chi connectivity index (χ4v) is 2.64. The van der Waals surface area contributed by atoms with E-state index in [2.05, 4.69) is 29.7 Å². The second-order valence-electron chi connectivity index (χ2n) is 5.38.